The van der Waals surface area contributed by atoms with Crippen molar-refractivity contribution < 1.29 is 22.7 Å². The Morgan fingerprint density at radius 1 is 1.19 bits per heavy atom. The Morgan fingerprint density at radius 2 is 1.89 bits per heavy atom. The summed E-state index contributed by atoms with van der Waals surface area (Å²) in [7, 11) is 1.49. The Hall–Kier alpha value is -2.54. The Morgan fingerprint density at radius 3 is 2.50 bits per heavy atom. The zero-order valence-electron chi connectivity index (χ0n) is 21.4. The molecule has 196 valence electrons. The van der Waals surface area contributed by atoms with Gasteiger partial charge in [-0.25, -0.2) is 0 Å². The molecule has 3 atom stereocenters. The van der Waals surface area contributed by atoms with Gasteiger partial charge in [-0.05, 0) is 67.3 Å². The molecule has 1 aliphatic carbocycles. The van der Waals surface area contributed by atoms with Crippen LogP contribution in [0.2, 0.25) is 5.02 Å². The van der Waals surface area contributed by atoms with Gasteiger partial charge in [0, 0.05) is 18.3 Å². The number of aliphatic imine (C=N–C) groups is 1. The van der Waals surface area contributed by atoms with Crippen molar-refractivity contribution in [3.63, 3.8) is 0 Å². The van der Waals surface area contributed by atoms with Crippen molar-refractivity contribution in [2.75, 3.05) is 18.5 Å². The number of hydrogen-bond donors (Lipinski definition) is 0. The van der Waals surface area contributed by atoms with Crippen molar-refractivity contribution >= 4 is 29.1 Å². The SMILES string of the molecule is C/N=C(\c1ccc(Cl)c(C(F)(F)F)c1)N(CC(=O)O[C@@H]1C[C@H](C)CC[C@H]1C(C)C)c1ccccc1C. The molecule has 2 aromatic carbocycles. The number of ether oxygens (including phenoxy) is 1. The fourth-order valence-corrected chi connectivity index (χ4v) is 5.24. The topological polar surface area (TPSA) is 41.9 Å². The highest BCUT2D eigenvalue weighted by Crippen LogP contribution is 2.37. The molecule has 1 aliphatic rings. The molecule has 0 heterocycles. The molecule has 0 aliphatic heterocycles. The molecule has 0 unspecified atom stereocenters. The number of anilines is 1. The Bertz CT molecular complexity index is 1100. The smallest absolute Gasteiger partial charge is 0.417 e. The van der Waals surface area contributed by atoms with Crippen molar-refractivity contribution in [3.05, 3.63) is 64.2 Å². The van der Waals surface area contributed by atoms with Crippen molar-refractivity contribution in [2.45, 2.75) is 59.2 Å². The van der Waals surface area contributed by atoms with Gasteiger partial charge < -0.3 is 9.64 Å². The van der Waals surface area contributed by atoms with Crippen LogP contribution in [0.3, 0.4) is 0 Å². The van der Waals surface area contributed by atoms with Gasteiger partial charge in [-0.3, -0.25) is 9.79 Å². The third-order valence-electron chi connectivity index (χ3n) is 6.94. The molecule has 1 saturated carbocycles. The van der Waals surface area contributed by atoms with Crippen LogP contribution in [0, 0.1) is 24.7 Å². The molecule has 1 fully saturated rings. The average molecular weight is 523 g/mol. The summed E-state index contributed by atoms with van der Waals surface area (Å²) in [5, 5.41) is -0.394. The van der Waals surface area contributed by atoms with Crippen LogP contribution >= 0.6 is 11.6 Å². The van der Waals surface area contributed by atoms with E-state index in [0.717, 1.165) is 30.9 Å². The lowest BCUT2D eigenvalue weighted by molar-refractivity contribution is -0.154. The first-order valence-electron chi connectivity index (χ1n) is 12.3. The number of para-hydroxylation sites is 1. The standard InChI is InChI=1S/C28H34ClF3N2O2/c1-17(2)21-12-10-18(3)14-25(21)36-26(35)16-34(24-9-7-6-8-19(24)4)27(33-5)20-11-13-23(29)22(15-20)28(30,31)32/h6-9,11,13,15,17-18,21,25H,10,12,14,16H2,1-5H3/b33-27+/t18-,21+,25-/m1/s1. The number of rotatable bonds is 6. The Kier molecular flexibility index (Phi) is 9.09. The van der Waals surface area contributed by atoms with Gasteiger partial charge in [0.05, 0.1) is 10.6 Å². The van der Waals surface area contributed by atoms with Gasteiger partial charge >= 0.3 is 12.1 Å². The highest BCUT2D eigenvalue weighted by Gasteiger charge is 2.36. The van der Waals surface area contributed by atoms with Gasteiger partial charge in [0.25, 0.3) is 0 Å². The third-order valence-corrected chi connectivity index (χ3v) is 7.26. The van der Waals surface area contributed by atoms with Crippen molar-refractivity contribution in [1.29, 1.82) is 0 Å². The van der Waals surface area contributed by atoms with E-state index in [-0.39, 0.29) is 30.0 Å². The molecular weight excluding hydrogens is 489 g/mol. The Labute approximate surface area is 216 Å². The van der Waals surface area contributed by atoms with Crippen LogP contribution in [-0.2, 0) is 15.7 Å². The number of carbonyl (C=O) groups excluding carboxylic acids is 1. The second kappa shape index (κ2) is 11.7. The predicted molar refractivity (Wildman–Crippen MR) is 139 cm³/mol. The summed E-state index contributed by atoms with van der Waals surface area (Å²) in [5.74, 6) is 0.912. The van der Waals surface area contributed by atoms with Gasteiger partial charge in [-0.1, -0.05) is 57.0 Å². The van der Waals surface area contributed by atoms with Gasteiger partial charge in [0.1, 0.15) is 18.5 Å². The number of carbonyl (C=O) groups is 1. The molecule has 4 nitrogen and oxygen atoms in total. The highest BCUT2D eigenvalue weighted by molar-refractivity contribution is 6.31. The fourth-order valence-electron chi connectivity index (χ4n) is 5.01. The van der Waals surface area contributed by atoms with Crippen LogP contribution < -0.4 is 4.90 Å². The van der Waals surface area contributed by atoms with Crippen LogP contribution in [0.15, 0.2) is 47.5 Å². The van der Waals surface area contributed by atoms with Crippen molar-refractivity contribution in [1.82, 2.24) is 0 Å². The number of esters is 1. The molecule has 0 bridgehead atoms. The molecule has 0 saturated heterocycles. The first-order chi connectivity index (χ1) is 16.9. The van der Waals surface area contributed by atoms with Gasteiger partial charge in [-0.15, -0.1) is 0 Å². The van der Waals surface area contributed by atoms with E-state index in [1.165, 1.54) is 19.2 Å². The highest BCUT2D eigenvalue weighted by atomic mass is 35.5. The average Bonchev–Trinajstić information content (AvgIpc) is 2.79. The number of aryl methyl sites for hydroxylation is 1. The first kappa shape index (κ1) is 28.0. The van der Waals surface area contributed by atoms with Gasteiger partial charge in [0.15, 0.2) is 0 Å². The minimum Gasteiger partial charge on any atom is -0.461 e. The van der Waals surface area contributed by atoms with Crippen LogP contribution in [0.1, 0.15) is 56.7 Å². The van der Waals surface area contributed by atoms with E-state index >= 15 is 0 Å². The normalized spacial score (nSPS) is 20.9. The van der Waals surface area contributed by atoms with E-state index in [9.17, 15) is 18.0 Å². The molecule has 36 heavy (non-hydrogen) atoms. The lowest BCUT2D eigenvalue weighted by Crippen LogP contribution is -2.41. The number of nitrogens with zero attached hydrogens (tertiary/aromatic N) is 2. The molecule has 0 N–H and O–H groups in total. The van der Waals surface area contributed by atoms with E-state index < -0.39 is 22.7 Å². The second-order valence-electron chi connectivity index (χ2n) is 9.97. The van der Waals surface area contributed by atoms with Crippen LogP contribution in [0.5, 0.6) is 0 Å². The molecule has 0 amide bonds. The Balaban J connectivity index is 1.96. The monoisotopic (exact) mass is 522 g/mol. The number of halogens is 4. The second-order valence-corrected chi connectivity index (χ2v) is 10.4. The number of benzene rings is 2. The van der Waals surface area contributed by atoms with Crippen molar-refractivity contribution in [3.8, 4) is 0 Å². The van der Waals surface area contributed by atoms with Gasteiger partial charge in [-0.2, -0.15) is 13.2 Å². The zero-order valence-corrected chi connectivity index (χ0v) is 22.2. The molecule has 3 rings (SSSR count). The predicted octanol–water partition coefficient (Wildman–Crippen LogP) is 7.55. The lowest BCUT2D eigenvalue weighted by Gasteiger charge is -2.37. The number of hydrogen-bond acceptors (Lipinski definition) is 3. The summed E-state index contributed by atoms with van der Waals surface area (Å²) in [6.07, 6.45) is -1.89. The van der Waals surface area contributed by atoms with Crippen LogP contribution in [0.4, 0.5) is 18.9 Å². The van der Waals surface area contributed by atoms with E-state index in [1.807, 2.05) is 31.2 Å². The van der Waals surface area contributed by atoms with Crippen LogP contribution in [-0.4, -0.2) is 31.5 Å². The first-order valence-corrected chi connectivity index (χ1v) is 12.7. The summed E-state index contributed by atoms with van der Waals surface area (Å²) < 4.78 is 46.7. The molecule has 0 radical (unpaired) electrons. The minimum absolute atomic E-state index is 0.183. The maximum Gasteiger partial charge on any atom is 0.417 e. The summed E-state index contributed by atoms with van der Waals surface area (Å²) in [6.45, 7) is 8.14. The molecule has 2 aromatic rings. The number of amidine groups is 1. The van der Waals surface area contributed by atoms with E-state index in [0.29, 0.717) is 17.5 Å². The maximum atomic E-state index is 13.6. The van der Waals surface area contributed by atoms with Crippen LogP contribution in [0.25, 0.3) is 0 Å². The lowest BCUT2D eigenvalue weighted by atomic mass is 9.75. The van der Waals surface area contributed by atoms with Gasteiger partial charge in [0.2, 0.25) is 0 Å². The molecule has 0 aromatic heterocycles. The summed E-state index contributed by atoms with van der Waals surface area (Å²) in [6, 6.07) is 11.0. The fraction of sp³-hybridized carbons (Fsp3) is 0.500. The van der Waals surface area contributed by atoms with E-state index in [2.05, 4.69) is 25.8 Å². The largest absolute Gasteiger partial charge is 0.461 e. The third kappa shape index (κ3) is 6.61. The molecule has 8 heteroatoms. The van der Waals surface area contributed by atoms with E-state index in [4.69, 9.17) is 16.3 Å². The zero-order chi connectivity index (χ0) is 26.6. The summed E-state index contributed by atoms with van der Waals surface area (Å²) >= 11 is 5.85. The molecular formula is C28H34ClF3N2O2. The summed E-state index contributed by atoms with van der Waals surface area (Å²) in [5.41, 5.74) is 0.765. The van der Waals surface area contributed by atoms with E-state index in [1.54, 1.807) is 4.90 Å². The van der Waals surface area contributed by atoms with Crippen molar-refractivity contribution in [2.24, 2.45) is 22.7 Å². The maximum absolute atomic E-state index is 13.6. The summed E-state index contributed by atoms with van der Waals surface area (Å²) in [4.78, 5) is 19.2. The number of alkyl halides is 3. The molecule has 0 spiro atoms. The minimum atomic E-state index is -4.62. The quantitative estimate of drug-likeness (QED) is 0.223.